The van der Waals surface area contributed by atoms with Crippen LogP contribution in [0.3, 0.4) is 0 Å². The summed E-state index contributed by atoms with van der Waals surface area (Å²) in [4.78, 5) is 35.7. The number of carbonyl (C=O) groups is 2. The first kappa shape index (κ1) is 21.6. The van der Waals surface area contributed by atoms with E-state index in [4.69, 9.17) is 23.4 Å². The van der Waals surface area contributed by atoms with E-state index in [0.717, 1.165) is 19.1 Å². The van der Waals surface area contributed by atoms with Crippen LogP contribution in [0, 0.1) is 0 Å². The number of rotatable bonds is 8. The Morgan fingerprint density at radius 3 is 2.72 bits per heavy atom. The van der Waals surface area contributed by atoms with Crippen molar-refractivity contribution < 1.29 is 33.0 Å². The Kier molecular flexibility index (Phi) is 6.21. The summed E-state index contributed by atoms with van der Waals surface area (Å²) in [6, 6.07) is 3.21. The number of halogens is 1. The number of ether oxygens (including phenoxy) is 2. The molecule has 2 N–H and O–H groups in total. The van der Waals surface area contributed by atoms with Crippen LogP contribution in [0.5, 0.6) is 0 Å². The fraction of sp³-hybridized carbons (Fsp3) is 0.250. The number of carboxylic acids is 1. The summed E-state index contributed by atoms with van der Waals surface area (Å²) < 4.78 is 22.0. The van der Waals surface area contributed by atoms with E-state index in [1.54, 1.807) is 12.1 Å². The van der Waals surface area contributed by atoms with Gasteiger partial charge in [-0.05, 0) is 18.6 Å². The molecule has 0 aromatic carbocycles. The lowest BCUT2D eigenvalue weighted by molar-refractivity contribution is 0.0492. The number of hydrogen-bond donors (Lipinski definition) is 2. The van der Waals surface area contributed by atoms with Gasteiger partial charge in [0, 0.05) is 4.47 Å². The molecular formula is C20H17BrN4O7. The highest BCUT2D eigenvalue weighted by Crippen LogP contribution is 2.29. The van der Waals surface area contributed by atoms with Crippen molar-refractivity contribution in [2.45, 2.75) is 26.0 Å². The minimum absolute atomic E-state index is 0.0634. The van der Waals surface area contributed by atoms with Crippen LogP contribution in [0.25, 0.3) is 17.3 Å². The molecule has 32 heavy (non-hydrogen) atoms. The largest absolute Gasteiger partial charge is 0.476 e. The molecule has 4 rings (SSSR count). The van der Waals surface area contributed by atoms with Gasteiger partial charge in [-0.1, -0.05) is 29.3 Å². The molecular weight excluding hydrogens is 488 g/mol. The molecule has 0 bridgehead atoms. The minimum Gasteiger partial charge on any atom is -0.476 e. The molecule has 0 amide bonds. The van der Waals surface area contributed by atoms with Gasteiger partial charge < -0.3 is 28.7 Å². The molecule has 0 fully saturated rings. The molecule has 0 aliphatic carbocycles. The van der Waals surface area contributed by atoms with E-state index in [1.165, 1.54) is 12.5 Å². The summed E-state index contributed by atoms with van der Waals surface area (Å²) in [6.45, 7) is 2.32. The molecule has 1 unspecified atom stereocenters. The molecule has 11 nitrogen and oxygen atoms in total. The van der Waals surface area contributed by atoms with Crippen LogP contribution in [0.2, 0.25) is 0 Å². The molecule has 1 aliphatic heterocycles. The highest BCUT2D eigenvalue weighted by Gasteiger charge is 2.27. The number of pyridine rings is 1. The topological polar surface area (TPSA) is 150 Å². The number of nitrogens with one attached hydrogen (secondary N) is 1. The van der Waals surface area contributed by atoms with Crippen molar-refractivity contribution in [3.63, 3.8) is 0 Å². The third kappa shape index (κ3) is 4.64. The fourth-order valence-corrected chi connectivity index (χ4v) is 3.15. The van der Waals surface area contributed by atoms with Crippen LogP contribution in [-0.4, -0.2) is 38.6 Å². The van der Waals surface area contributed by atoms with Crippen molar-refractivity contribution in [2.24, 2.45) is 0 Å². The summed E-state index contributed by atoms with van der Waals surface area (Å²) >= 11 is 3.36. The second-order valence-corrected chi connectivity index (χ2v) is 7.57. The van der Waals surface area contributed by atoms with Crippen LogP contribution < -0.4 is 5.32 Å². The van der Waals surface area contributed by atoms with Crippen molar-refractivity contribution in [3.8, 4) is 11.6 Å². The number of aromatic carboxylic acids is 1. The zero-order chi connectivity index (χ0) is 22.7. The maximum Gasteiger partial charge on any atom is 0.357 e. The Bertz CT molecular complexity index is 1190. The molecule has 12 heteroatoms. The minimum atomic E-state index is -1.20. The Morgan fingerprint density at radius 1 is 1.16 bits per heavy atom. The second-order valence-electron chi connectivity index (χ2n) is 6.66. The number of unbranched alkanes of at least 4 members (excludes halogenated alkanes) is 1. The lowest BCUT2D eigenvalue weighted by Gasteiger charge is -2.07. The fourth-order valence-electron chi connectivity index (χ4n) is 2.72. The Labute approximate surface area is 189 Å². The number of nitrogens with zero attached hydrogens (tertiary/aromatic N) is 3. The van der Waals surface area contributed by atoms with Crippen molar-refractivity contribution in [2.75, 3.05) is 6.61 Å². The molecule has 0 saturated heterocycles. The maximum absolute atomic E-state index is 12.2. The van der Waals surface area contributed by atoms with Gasteiger partial charge in [-0.15, -0.1) is 0 Å². The third-order valence-corrected chi connectivity index (χ3v) is 4.76. The average Bonchev–Trinajstić information content (AvgIpc) is 3.53. The highest BCUT2D eigenvalue weighted by molar-refractivity contribution is 9.10. The molecule has 1 atom stereocenters. The number of aromatic nitrogens is 3. The third-order valence-electron chi connectivity index (χ3n) is 4.30. The molecule has 3 aromatic heterocycles. The lowest BCUT2D eigenvalue weighted by Crippen LogP contribution is -2.15. The Morgan fingerprint density at radius 2 is 1.97 bits per heavy atom. The highest BCUT2D eigenvalue weighted by atomic mass is 79.9. The summed E-state index contributed by atoms with van der Waals surface area (Å²) in [5, 5.41) is 11.9. The second kappa shape index (κ2) is 9.22. The SMILES string of the molecule is CCCCOC(=O)c1cc(Br)cc(-c2nc(C3NC(c4nc(C(=O)O)co4)=CO3)co2)n1. The van der Waals surface area contributed by atoms with E-state index < -0.39 is 18.2 Å². The van der Waals surface area contributed by atoms with E-state index in [2.05, 4.69) is 36.2 Å². The number of carboxylic acid groups (broad SMARTS) is 1. The standard InChI is InChI=1S/C20H17BrN4O7/c1-2-3-4-29-20(28)12-6-10(21)5-11(22-12)16-23-13(7-30-16)17-24-14(8-31-17)18-25-15(9-32-18)19(26)27/h5-9,17,24H,2-4H2,1H3,(H,26,27). The van der Waals surface area contributed by atoms with Gasteiger partial charge in [-0.3, -0.25) is 0 Å². The molecule has 1 aliphatic rings. The zero-order valence-electron chi connectivity index (χ0n) is 16.7. The van der Waals surface area contributed by atoms with E-state index in [1.807, 2.05) is 6.92 Å². The van der Waals surface area contributed by atoms with Gasteiger partial charge in [0.1, 0.15) is 41.6 Å². The van der Waals surface area contributed by atoms with Crippen molar-refractivity contribution >= 4 is 33.6 Å². The van der Waals surface area contributed by atoms with Gasteiger partial charge in [0.05, 0.1) is 6.61 Å². The molecule has 0 saturated carbocycles. The number of oxazole rings is 2. The summed E-state index contributed by atoms with van der Waals surface area (Å²) in [5.41, 5.74) is 0.982. The maximum atomic E-state index is 12.2. The Hall–Kier alpha value is -3.67. The van der Waals surface area contributed by atoms with Crippen molar-refractivity contribution in [1.82, 2.24) is 20.3 Å². The van der Waals surface area contributed by atoms with E-state index >= 15 is 0 Å². The summed E-state index contributed by atoms with van der Waals surface area (Å²) in [5.74, 6) is -1.50. The molecule has 166 valence electrons. The van der Waals surface area contributed by atoms with E-state index in [0.29, 0.717) is 28.2 Å². The van der Waals surface area contributed by atoms with Gasteiger partial charge in [0.25, 0.3) is 0 Å². The average molecular weight is 505 g/mol. The van der Waals surface area contributed by atoms with Crippen molar-refractivity contribution in [1.29, 1.82) is 0 Å². The molecule has 0 spiro atoms. The molecule has 3 aromatic rings. The quantitative estimate of drug-likeness (QED) is 0.340. The van der Waals surface area contributed by atoms with Crippen LogP contribution in [0.15, 0.2) is 44.2 Å². The monoisotopic (exact) mass is 504 g/mol. The first-order valence-corrected chi connectivity index (χ1v) is 10.4. The molecule has 0 radical (unpaired) electrons. The van der Waals surface area contributed by atoms with Crippen LogP contribution >= 0.6 is 15.9 Å². The summed E-state index contributed by atoms with van der Waals surface area (Å²) in [7, 11) is 0. The number of esters is 1. The molecule has 4 heterocycles. The smallest absolute Gasteiger partial charge is 0.357 e. The zero-order valence-corrected chi connectivity index (χ0v) is 18.3. The summed E-state index contributed by atoms with van der Waals surface area (Å²) in [6.07, 6.45) is 4.72. The van der Waals surface area contributed by atoms with Gasteiger partial charge in [-0.2, -0.15) is 0 Å². The first-order valence-electron chi connectivity index (χ1n) is 9.56. The van der Waals surface area contributed by atoms with Gasteiger partial charge in [0.2, 0.25) is 18.0 Å². The van der Waals surface area contributed by atoms with Crippen LogP contribution in [0.1, 0.15) is 58.6 Å². The normalized spacial score (nSPS) is 15.1. The van der Waals surface area contributed by atoms with E-state index in [9.17, 15) is 9.59 Å². The number of hydrogen-bond acceptors (Lipinski definition) is 10. The van der Waals surface area contributed by atoms with E-state index in [-0.39, 0.29) is 23.2 Å². The van der Waals surface area contributed by atoms with Crippen LogP contribution in [-0.2, 0) is 9.47 Å². The lowest BCUT2D eigenvalue weighted by atomic mass is 10.3. The number of carbonyl (C=O) groups excluding carboxylic acids is 1. The Balaban J connectivity index is 1.47. The van der Waals surface area contributed by atoms with Crippen LogP contribution in [0.4, 0.5) is 0 Å². The predicted octanol–water partition coefficient (Wildman–Crippen LogP) is 3.76. The van der Waals surface area contributed by atoms with Crippen molar-refractivity contribution in [3.05, 3.63) is 58.4 Å². The predicted molar refractivity (Wildman–Crippen MR) is 111 cm³/mol. The van der Waals surface area contributed by atoms with Gasteiger partial charge in [0.15, 0.2) is 5.69 Å². The first-order chi connectivity index (χ1) is 15.4. The van der Waals surface area contributed by atoms with Gasteiger partial charge in [-0.25, -0.2) is 24.5 Å². The van der Waals surface area contributed by atoms with Gasteiger partial charge >= 0.3 is 11.9 Å².